The molecule has 2 aromatic rings. The van der Waals surface area contributed by atoms with Crippen LogP contribution >= 0.6 is 11.6 Å². The van der Waals surface area contributed by atoms with Gasteiger partial charge in [-0.05, 0) is 31.5 Å². The molecule has 102 valence electrons. The van der Waals surface area contributed by atoms with E-state index in [9.17, 15) is 0 Å². The first-order valence-corrected chi connectivity index (χ1v) is 6.54. The molecular weight excluding hydrogens is 262 g/mol. The first-order chi connectivity index (χ1) is 9.04. The maximum Gasteiger partial charge on any atom is 0.161 e. The summed E-state index contributed by atoms with van der Waals surface area (Å²) in [5.41, 5.74) is 8.14. The summed E-state index contributed by atoms with van der Waals surface area (Å²) >= 11 is 6.02. The number of halogens is 1. The Morgan fingerprint density at radius 2 is 2.11 bits per heavy atom. The molecule has 0 radical (unpaired) electrons. The highest BCUT2D eigenvalue weighted by molar-refractivity contribution is 6.30. The lowest BCUT2D eigenvalue weighted by Gasteiger charge is -2.18. The summed E-state index contributed by atoms with van der Waals surface area (Å²) in [6.07, 6.45) is 1.69. The second-order valence-electron chi connectivity index (χ2n) is 4.67. The fourth-order valence-electron chi connectivity index (χ4n) is 2.08. The number of aromatic nitrogens is 2. The average Bonchev–Trinajstić information content (AvgIpc) is 2.81. The molecule has 2 rings (SSSR count). The summed E-state index contributed by atoms with van der Waals surface area (Å²) in [5, 5.41) is 5.00. The van der Waals surface area contributed by atoms with Crippen LogP contribution < -0.4 is 10.5 Å². The highest BCUT2D eigenvalue weighted by Crippen LogP contribution is 2.30. The molecule has 0 aliphatic heterocycles. The lowest BCUT2D eigenvalue weighted by atomic mass is 10.0. The van der Waals surface area contributed by atoms with Gasteiger partial charge in [0.05, 0.1) is 19.3 Å². The van der Waals surface area contributed by atoms with Crippen molar-refractivity contribution in [2.24, 2.45) is 5.73 Å². The first-order valence-electron chi connectivity index (χ1n) is 6.17. The third-order valence-corrected chi connectivity index (χ3v) is 3.25. The van der Waals surface area contributed by atoms with Gasteiger partial charge in [-0.3, -0.25) is 4.68 Å². The van der Waals surface area contributed by atoms with Gasteiger partial charge in [0.1, 0.15) is 5.69 Å². The van der Waals surface area contributed by atoms with E-state index in [1.807, 2.05) is 28.9 Å². The zero-order valence-corrected chi connectivity index (χ0v) is 12.1. The number of methoxy groups -OCH3 is 1. The van der Waals surface area contributed by atoms with Crippen molar-refractivity contribution in [1.29, 1.82) is 0 Å². The van der Waals surface area contributed by atoms with Crippen molar-refractivity contribution in [3.63, 3.8) is 0 Å². The molecule has 0 aliphatic carbocycles. The van der Waals surface area contributed by atoms with Crippen LogP contribution in [0.1, 0.15) is 37.2 Å². The van der Waals surface area contributed by atoms with Crippen LogP contribution in [0.3, 0.4) is 0 Å². The molecule has 1 aromatic carbocycles. The van der Waals surface area contributed by atoms with Gasteiger partial charge in [-0.25, -0.2) is 0 Å². The Labute approximate surface area is 118 Å². The highest BCUT2D eigenvalue weighted by Gasteiger charge is 2.21. The van der Waals surface area contributed by atoms with E-state index in [2.05, 4.69) is 18.9 Å². The summed E-state index contributed by atoms with van der Waals surface area (Å²) in [4.78, 5) is 0. The molecule has 0 saturated carbocycles. The van der Waals surface area contributed by atoms with Crippen LogP contribution in [0.4, 0.5) is 0 Å². The fraction of sp³-hybridized carbons (Fsp3) is 0.357. The average molecular weight is 280 g/mol. The maximum absolute atomic E-state index is 6.35. The predicted molar refractivity (Wildman–Crippen MR) is 76.6 cm³/mol. The van der Waals surface area contributed by atoms with E-state index in [1.54, 1.807) is 13.3 Å². The van der Waals surface area contributed by atoms with Crippen molar-refractivity contribution in [2.75, 3.05) is 7.11 Å². The third-order valence-electron chi connectivity index (χ3n) is 3.01. The second kappa shape index (κ2) is 5.63. The molecular formula is C14H18ClN3O. The van der Waals surface area contributed by atoms with Crippen molar-refractivity contribution in [3.8, 4) is 5.75 Å². The van der Waals surface area contributed by atoms with Crippen LogP contribution in [-0.4, -0.2) is 16.9 Å². The van der Waals surface area contributed by atoms with E-state index in [0.717, 1.165) is 11.3 Å². The molecule has 0 amide bonds. The minimum absolute atomic E-state index is 0.212. The number of benzene rings is 1. The Hall–Kier alpha value is -1.52. The van der Waals surface area contributed by atoms with Crippen LogP contribution in [0.25, 0.3) is 0 Å². The second-order valence-corrected chi connectivity index (χ2v) is 5.11. The molecule has 1 atom stereocenters. The van der Waals surface area contributed by atoms with Crippen molar-refractivity contribution in [3.05, 3.63) is 46.7 Å². The van der Waals surface area contributed by atoms with Crippen LogP contribution in [-0.2, 0) is 0 Å². The summed E-state index contributed by atoms with van der Waals surface area (Å²) in [7, 11) is 1.62. The molecule has 1 unspecified atom stereocenters. The minimum atomic E-state index is -0.321. The zero-order valence-electron chi connectivity index (χ0n) is 11.3. The topological polar surface area (TPSA) is 53.1 Å². The van der Waals surface area contributed by atoms with Crippen LogP contribution in [0.5, 0.6) is 5.75 Å². The molecule has 2 N–H and O–H groups in total. The van der Waals surface area contributed by atoms with Crippen LogP contribution in [0.15, 0.2) is 30.5 Å². The standard InChI is InChI=1S/C14H18ClN3O/c1-9(2)18-14(12(19-3)8-17-18)13(16)10-5-4-6-11(15)7-10/h4-9,13H,16H2,1-3H3. The van der Waals surface area contributed by atoms with Crippen molar-refractivity contribution in [2.45, 2.75) is 25.9 Å². The molecule has 1 heterocycles. The molecule has 4 nitrogen and oxygen atoms in total. The Morgan fingerprint density at radius 1 is 1.37 bits per heavy atom. The number of nitrogens with two attached hydrogens (primary N) is 1. The summed E-state index contributed by atoms with van der Waals surface area (Å²) < 4.78 is 7.23. The van der Waals surface area contributed by atoms with Gasteiger partial charge in [0.2, 0.25) is 0 Å². The number of ether oxygens (including phenoxy) is 1. The normalized spacial score (nSPS) is 12.7. The van der Waals surface area contributed by atoms with Crippen LogP contribution in [0, 0.1) is 0 Å². The Morgan fingerprint density at radius 3 is 2.68 bits per heavy atom. The van der Waals surface area contributed by atoms with Gasteiger partial charge in [-0.15, -0.1) is 0 Å². The Bertz CT molecular complexity index is 566. The SMILES string of the molecule is COc1cnn(C(C)C)c1C(N)c1cccc(Cl)c1. The molecule has 1 aromatic heterocycles. The maximum atomic E-state index is 6.35. The van der Waals surface area contributed by atoms with E-state index in [4.69, 9.17) is 22.1 Å². The fourth-order valence-corrected chi connectivity index (χ4v) is 2.28. The molecule has 0 bridgehead atoms. The van der Waals surface area contributed by atoms with Crippen molar-refractivity contribution < 1.29 is 4.74 Å². The first kappa shape index (κ1) is 13.9. The van der Waals surface area contributed by atoms with E-state index < -0.39 is 0 Å². The lowest BCUT2D eigenvalue weighted by molar-refractivity contribution is 0.401. The Balaban J connectivity index is 2.48. The van der Waals surface area contributed by atoms with E-state index in [-0.39, 0.29) is 12.1 Å². The Kier molecular flexibility index (Phi) is 4.12. The van der Waals surface area contributed by atoms with Gasteiger partial charge in [0.15, 0.2) is 5.75 Å². The largest absolute Gasteiger partial charge is 0.493 e. The van der Waals surface area contributed by atoms with Gasteiger partial charge in [-0.1, -0.05) is 23.7 Å². The van der Waals surface area contributed by atoms with E-state index in [1.165, 1.54) is 0 Å². The molecule has 0 saturated heterocycles. The number of hydrogen-bond acceptors (Lipinski definition) is 3. The molecule has 0 aliphatic rings. The molecule has 0 fully saturated rings. The van der Waals surface area contributed by atoms with Gasteiger partial charge in [0.25, 0.3) is 0 Å². The number of hydrogen-bond donors (Lipinski definition) is 1. The van der Waals surface area contributed by atoms with Crippen molar-refractivity contribution >= 4 is 11.6 Å². The summed E-state index contributed by atoms with van der Waals surface area (Å²) in [6, 6.07) is 7.42. The number of rotatable bonds is 4. The van der Waals surface area contributed by atoms with Crippen molar-refractivity contribution in [1.82, 2.24) is 9.78 Å². The van der Waals surface area contributed by atoms with Gasteiger partial charge in [-0.2, -0.15) is 5.10 Å². The molecule has 19 heavy (non-hydrogen) atoms. The zero-order chi connectivity index (χ0) is 14.0. The quantitative estimate of drug-likeness (QED) is 0.935. The monoisotopic (exact) mass is 279 g/mol. The van der Waals surface area contributed by atoms with Gasteiger partial charge < -0.3 is 10.5 Å². The molecule has 0 spiro atoms. The van der Waals surface area contributed by atoms with Crippen LogP contribution in [0.2, 0.25) is 5.02 Å². The van der Waals surface area contributed by atoms with E-state index in [0.29, 0.717) is 10.8 Å². The number of nitrogens with zero attached hydrogens (tertiary/aromatic N) is 2. The highest BCUT2D eigenvalue weighted by atomic mass is 35.5. The minimum Gasteiger partial charge on any atom is -0.493 e. The lowest BCUT2D eigenvalue weighted by Crippen LogP contribution is -2.19. The predicted octanol–water partition coefficient (Wildman–Crippen LogP) is 3.17. The van der Waals surface area contributed by atoms with E-state index >= 15 is 0 Å². The third kappa shape index (κ3) is 2.74. The van der Waals surface area contributed by atoms with Gasteiger partial charge in [0, 0.05) is 11.1 Å². The molecule has 5 heteroatoms. The van der Waals surface area contributed by atoms with Gasteiger partial charge >= 0.3 is 0 Å². The summed E-state index contributed by atoms with van der Waals surface area (Å²) in [6.45, 7) is 4.11. The smallest absolute Gasteiger partial charge is 0.161 e. The summed E-state index contributed by atoms with van der Waals surface area (Å²) in [5.74, 6) is 0.696.